The summed E-state index contributed by atoms with van der Waals surface area (Å²) in [6.45, 7) is 5.37. The van der Waals surface area contributed by atoms with Gasteiger partial charge in [-0.3, -0.25) is 9.67 Å². The first kappa shape index (κ1) is 17.8. The van der Waals surface area contributed by atoms with Gasteiger partial charge in [0.15, 0.2) is 5.96 Å². The van der Waals surface area contributed by atoms with Crippen LogP contribution in [-0.2, 0) is 13.6 Å². The van der Waals surface area contributed by atoms with Crippen LogP contribution in [0.5, 0.6) is 5.75 Å². The van der Waals surface area contributed by atoms with Crippen molar-refractivity contribution < 1.29 is 4.74 Å². The lowest BCUT2D eigenvalue weighted by molar-refractivity contribution is 0.221. The Kier molecular flexibility index (Phi) is 6.17. The van der Waals surface area contributed by atoms with Crippen molar-refractivity contribution in [3.8, 4) is 5.75 Å². The highest BCUT2D eigenvalue weighted by Gasteiger charge is 2.12. The molecule has 0 aliphatic heterocycles. The Balaban J connectivity index is 1.86. The van der Waals surface area contributed by atoms with E-state index >= 15 is 0 Å². The molecule has 0 saturated heterocycles. The lowest BCUT2D eigenvalue weighted by atomic mass is 10.2. The molecule has 0 amide bonds. The molecule has 2 rings (SSSR count). The van der Waals surface area contributed by atoms with Gasteiger partial charge >= 0.3 is 0 Å². The molecule has 0 radical (unpaired) electrons. The molecule has 1 N–H and O–H groups in total. The zero-order chi connectivity index (χ0) is 17.5. The zero-order valence-corrected chi connectivity index (χ0v) is 15.0. The maximum atomic E-state index is 5.98. The van der Waals surface area contributed by atoms with E-state index in [0.29, 0.717) is 13.1 Å². The number of aryl methyl sites for hydroxylation is 2. The van der Waals surface area contributed by atoms with E-state index in [9.17, 15) is 0 Å². The minimum atomic E-state index is 0.0195. The Morgan fingerprint density at radius 2 is 2.17 bits per heavy atom. The summed E-state index contributed by atoms with van der Waals surface area (Å²) in [5, 5.41) is 7.42. The van der Waals surface area contributed by atoms with Crippen LogP contribution in [0.2, 0.25) is 0 Å². The van der Waals surface area contributed by atoms with E-state index in [1.807, 2.05) is 57.1 Å². The number of aromatic nitrogens is 3. The number of nitrogens with zero attached hydrogens (tertiary/aromatic N) is 5. The van der Waals surface area contributed by atoms with E-state index < -0.39 is 0 Å². The van der Waals surface area contributed by atoms with Gasteiger partial charge in [-0.15, -0.1) is 0 Å². The van der Waals surface area contributed by atoms with Gasteiger partial charge in [-0.05, 0) is 25.5 Å². The van der Waals surface area contributed by atoms with E-state index in [-0.39, 0.29) is 6.10 Å². The van der Waals surface area contributed by atoms with Gasteiger partial charge in [-0.25, -0.2) is 4.98 Å². The first-order valence-corrected chi connectivity index (χ1v) is 7.98. The maximum absolute atomic E-state index is 5.98. The second kappa shape index (κ2) is 8.33. The summed E-state index contributed by atoms with van der Waals surface area (Å²) in [7, 11) is 5.61. The Bertz CT molecular complexity index is 681. The number of rotatable bonds is 6. The van der Waals surface area contributed by atoms with Crippen LogP contribution in [0.1, 0.15) is 18.3 Å². The number of para-hydroxylation sites is 1. The number of hydrogen-bond acceptors (Lipinski definition) is 4. The molecule has 0 bridgehead atoms. The molecule has 0 saturated carbocycles. The van der Waals surface area contributed by atoms with Crippen molar-refractivity contribution in [3.63, 3.8) is 0 Å². The molecule has 1 aromatic heterocycles. The van der Waals surface area contributed by atoms with Crippen LogP contribution < -0.4 is 10.1 Å². The van der Waals surface area contributed by atoms with Gasteiger partial charge in [0.1, 0.15) is 24.0 Å². The average Bonchev–Trinajstić information content (AvgIpc) is 2.95. The molecule has 1 aromatic carbocycles. The van der Waals surface area contributed by atoms with Crippen molar-refractivity contribution in [2.24, 2.45) is 12.0 Å². The minimum Gasteiger partial charge on any atom is -0.489 e. The van der Waals surface area contributed by atoms with Crippen molar-refractivity contribution in [2.45, 2.75) is 26.5 Å². The Hall–Kier alpha value is -2.57. The minimum absolute atomic E-state index is 0.0195. The van der Waals surface area contributed by atoms with Crippen molar-refractivity contribution in [2.75, 3.05) is 20.6 Å². The summed E-state index contributed by atoms with van der Waals surface area (Å²) in [5.74, 6) is 2.58. The quantitative estimate of drug-likeness (QED) is 0.644. The average molecular weight is 330 g/mol. The molecule has 0 aliphatic rings. The van der Waals surface area contributed by atoms with E-state index in [4.69, 9.17) is 4.74 Å². The third-order valence-corrected chi connectivity index (χ3v) is 3.73. The molecule has 2 aromatic rings. The summed E-state index contributed by atoms with van der Waals surface area (Å²) in [6.07, 6.45) is 1.57. The number of guanidine groups is 1. The standard InChI is InChI=1S/C17H26N6O/c1-13-8-6-7-9-15(13)24-14(2)10-19-17(18-3)22(4)11-16-20-12-21-23(16)5/h6-9,12,14H,10-11H2,1-5H3,(H,18,19). The molecular formula is C17H26N6O. The highest BCUT2D eigenvalue weighted by atomic mass is 16.5. The fourth-order valence-corrected chi connectivity index (χ4v) is 2.32. The van der Waals surface area contributed by atoms with Gasteiger partial charge in [0.25, 0.3) is 0 Å². The Morgan fingerprint density at radius 1 is 1.42 bits per heavy atom. The highest BCUT2D eigenvalue weighted by Crippen LogP contribution is 2.17. The fraction of sp³-hybridized carbons (Fsp3) is 0.471. The predicted octanol–water partition coefficient (Wildman–Crippen LogP) is 1.60. The summed E-state index contributed by atoms with van der Waals surface area (Å²) < 4.78 is 7.74. The van der Waals surface area contributed by atoms with Crippen LogP contribution in [0, 0.1) is 6.92 Å². The molecule has 7 nitrogen and oxygen atoms in total. The van der Waals surface area contributed by atoms with Crippen LogP contribution in [0.4, 0.5) is 0 Å². The first-order valence-electron chi connectivity index (χ1n) is 7.98. The van der Waals surface area contributed by atoms with Gasteiger partial charge in [-0.1, -0.05) is 18.2 Å². The van der Waals surface area contributed by atoms with E-state index in [1.54, 1.807) is 18.1 Å². The third-order valence-electron chi connectivity index (χ3n) is 3.73. The fourth-order valence-electron chi connectivity index (χ4n) is 2.32. The second-order valence-corrected chi connectivity index (χ2v) is 5.78. The molecule has 1 heterocycles. The largest absolute Gasteiger partial charge is 0.489 e. The SMILES string of the molecule is CN=C(NCC(C)Oc1ccccc1C)N(C)Cc1ncnn1C. The molecule has 0 aliphatic carbocycles. The van der Waals surface area contributed by atoms with Crippen molar-refractivity contribution in [1.82, 2.24) is 25.0 Å². The van der Waals surface area contributed by atoms with Gasteiger partial charge < -0.3 is 15.0 Å². The molecule has 1 atom stereocenters. The zero-order valence-electron chi connectivity index (χ0n) is 15.0. The van der Waals surface area contributed by atoms with Crippen LogP contribution in [0.3, 0.4) is 0 Å². The van der Waals surface area contributed by atoms with Gasteiger partial charge in [0, 0.05) is 21.1 Å². The van der Waals surface area contributed by atoms with E-state index in [1.165, 1.54) is 0 Å². The highest BCUT2D eigenvalue weighted by molar-refractivity contribution is 5.79. The molecule has 0 fully saturated rings. The molecule has 130 valence electrons. The normalized spacial score (nSPS) is 12.8. The maximum Gasteiger partial charge on any atom is 0.193 e. The summed E-state index contributed by atoms with van der Waals surface area (Å²) in [6, 6.07) is 8.02. The summed E-state index contributed by atoms with van der Waals surface area (Å²) in [4.78, 5) is 10.6. The summed E-state index contributed by atoms with van der Waals surface area (Å²) >= 11 is 0. The lowest BCUT2D eigenvalue weighted by Gasteiger charge is -2.23. The lowest BCUT2D eigenvalue weighted by Crippen LogP contribution is -2.42. The number of aliphatic imine (C=N–C) groups is 1. The van der Waals surface area contributed by atoms with E-state index in [2.05, 4.69) is 20.4 Å². The molecule has 24 heavy (non-hydrogen) atoms. The molecule has 1 unspecified atom stereocenters. The predicted molar refractivity (Wildman–Crippen MR) is 95.1 cm³/mol. The monoisotopic (exact) mass is 330 g/mol. The molecular weight excluding hydrogens is 304 g/mol. The topological polar surface area (TPSA) is 67.6 Å². The smallest absolute Gasteiger partial charge is 0.193 e. The number of nitrogens with one attached hydrogen (secondary N) is 1. The van der Waals surface area contributed by atoms with Crippen LogP contribution >= 0.6 is 0 Å². The molecule has 0 spiro atoms. The Morgan fingerprint density at radius 3 is 2.79 bits per heavy atom. The van der Waals surface area contributed by atoms with Crippen LogP contribution in [0.15, 0.2) is 35.6 Å². The van der Waals surface area contributed by atoms with Crippen molar-refractivity contribution >= 4 is 5.96 Å². The van der Waals surface area contributed by atoms with Crippen molar-refractivity contribution in [3.05, 3.63) is 42.0 Å². The second-order valence-electron chi connectivity index (χ2n) is 5.78. The number of benzene rings is 1. The van der Waals surface area contributed by atoms with Gasteiger partial charge in [-0.2, -0.15) is 5.10 Å². The van der Waals surface area contributed by atoms with Gasteiger partial charge in [0.05, 0.1) is 13.1 Å². The Labute approximate surface area is 143 Å². The van der Waals surface area contributed by atoms with E-state index in [0.717, 1.165) is 23.1 Å². The van der Waals surface area contributed by atoms with Crippen LogP contribution in [-0.4, -0.2) is 52.4 Å². The number of ether oxygens (including phenoxy) is 1. The first-order chi connectivity index (χ1) is 11.5. The third kappa shape index (κ3) is 4.71. The van der Waals surface area contributed by atoms with Crippen molar-refractivity contribution in [1.29, 1.82) is 0 Å². The molecule has 7 heteroatoms. The van der Waals surface area contributed by atoms with Gasteiger partial charge in [0.2, 0.25) is 0 Å². The summed E-state index contributed by atoms with van der Waals surface area (Å²) in [5.41, 5.74) is 1.13. The number of hydrogen-bond donors (Lipinski definition) is 1. The van der Waals surface area contributed by atoms with Crippen LogP contribution in [0.25, 0.3) is 0 Å².